The molecule has 3 heterocycles. The number of carboxylic acids is 1. The fourth-order valence-electron chi connectivity index (χ4n) is 17.1. The van der Waals surface area contributed by atoms with Crippen molar-refractivity contribution in [3.63, 3.8) is 0 Å². The van der Waals surface area contributed by atoms with Crippen molar-refractivity contribution < 1.29 is 67.2 Å². The van der Waals surface area contributed by atoms with Crippen molar-refractivity contribution in [3.8, 4) is 0 Å². The fraction of sp³-hybridized carbons (Fsp3) is 0.727. The van der Waals surface area contributed by atoms with E-state index < -0.39 is 114 Å². The molecule has 2 fully saturated rings. The van der Waals surface area contributed by atoms with E-state index in [1.807, 2.05) is 177 Å². The van der Waals surface area contributed by atoms with E-state index in [2.05, 4.69) is 49.9 Å². The zero-order valence-electron chi connectivity index (χ0n) is 73.8. The van der Waals surface area contributed by atoms with Gasteiger partial charge in [-0.05, 0) is 140 Å². The number of nitrogens with one attached hydrogen (secondary N) is 4. The van der Waals surface area contributed by atoms with Crippen LogP contribution >= 0.6 is 11.3 Å². The Balaban J connectivity index is 1.29. The smallest absolute Gasteiger partial charge is 0.326 e. The Kier molecular flexibility index (Phi) is 38.7. The molecule has 5 N–H and O–H groups in total. The van der Waals surface area contributed by atoms with Gasteiger partial charge in [0.15, 0.2) is 0 Å². The number of nitrogens with zero attached hydrogens (tertiary/aromatic N) is 7. The molecule has 8 amide bonds. The van der Waals surface area contributed by atoms with E-state index in [1.54, 1.807) is 68.3 Å². The van der Waals surface area contributed by atoms with Crippen LogP contribution in [0.15, 0.2) is 72.2 Å². The highest BCUT2D eigenvalue weighted by Gasteiger charge is 2.48. The van der Waals surface area contributed by atoms with Crippen molar-refractivity contribution in [1.29, 1.82) is 0 Å². The van der Waals surface area contributed by atoms with Crippen LogP contribution in [0.4, 0.5) is 0 Å². The molecular formula is C88H145N11O14S. The maximum Gasteiger partial charge on any atom is 0.326 e. The number of methoxy groups -OCH3 is 4. The molecule has 25 nitrogen and oxygen atoms in total. The van der Waals surface area contributed by atoms with Crippen LogP contribution in [0.5, 0.6) is 0 Å². The van der Waals surface area contributed by atoms with Crippen LogP contribution in [-0.4, -0.2) is 252 Å². The van der Waals surface area contributed by atoms with Crippen molar-refractivity contribution in [2.45, 2.75) is 298 Å². The highest BCUT2D eigenvalue weighted by atomic mass is 32.1. The fourth-order valence-corrected chi connectivity index (χ4v) is 17.8. The summed E-state index contributed by atoms with van der Waals surface area (Å²) in [6, 6.07) is 12.1. The topological polar surface area (TPSA) is 291 Å². The van der Waals surface area contributed by atoms with Gasteiger partial charge in [0.05, 0.1) is 91.4 Å². The van der Waals surface area contributed by atoms with E-state index in [0.29, 0.717) is 64.5 Å². The third kappa shape index (κ3) is 25.8. The summed E-state index contributed by atoms with van der Waals surface area (Å²) in [4.78, 5) is 147. The van der Waals surface area contributed by atoms with Crippen LogP contribution in [0.25, 0.3) is 0 Å². The summed E-state index contributed by atoms with van der Waals surface area (Å²) in [5.41, 5.74) is 0.686. The molecule has 1 aromatic heterocycles. The van der Waals surface area contributed by atoms with Crippen LogP contribution in [0.2, 0.25) is 0 Å². The van der Waals surface area contributed by atoms with Crippen LogP contribution in [0, 0.1) is 47.3 Å². The number of rotatable bonds is 46. The molecule has 0 saturated carbocycles. The third-order valence-corrected chi connectivity index (χ3v) is 25.9. The van der Waals surface area contributed by atoms with Crippen LogP contribution < -0.4 is 21.3 Å². The molecule has 5 rings (SSSR count). The first-order valence-corrected chi connectivity index (χ1v) is 42.6. The molecule has 19 atom stereocenters. The van der Waals surface area contributed by atoms with E-state index in [0.717, 1.165) is 22.6 Å². The van der Waals surface area contributed by atoms with Gasteiger partial charge in [-0.15, -0.1) is 11.3 Å². The van der Waals surface area contributed by atoms with Crippen molar-refractivity contribution in [2.75, 3.05) is 69.7 Å². The Morgan fingerprint density at radius 2 is 0.965 bits per heavy atom. The van der Waals surface area contributed by atoms with Crippen molar-refractivity contribution in [2.24, 2.45) is 47.3 Å². The van der Waals surface area contributed by atoms with Gasteiger partial charge in [0, 0.05) is 84.7 Å². The molecule has 2 saturated heterocycles. The molecule has 0 bridgehead atoms. The lowest BCUT2D eigenvalue weighted by Gasteiger charge is -2.45. The molecular weight excluding hydrogens is 1470 g/mol. The minimum Gasteiger partial charge on any atom is -0.480 e. The molecule has 1 unspecified atom stereocenters. The molecule has 0 aliphatic carbocycles. The summed E-state index contributed by atoms with van der Waals surface area (Å²) in [5, 5.41) is 25.2. The number of aliphatic carboxylic acids is 1. The number of ether oxygens (including phenoxy) is 4. The number of hydrogen-bond acceptors (Lipinski definition) is 17. The van der Waals surface area contributed by atoms with Crippen molar-refractivity contribution >= 4 is 64.6 Å². The van der Waals surface area contributed by atoms with Gasteiger partial charge in [-0.3, -0.25) is 48.2 Å². The Morgan fingerprint density at radius 1 is 0.544 bits per heavy atom. The first kappa shape index (κ1) is 97.6. The van der Waals surface area contributed by atoms with E-state index in [1.165, 1.54) is 25.6 Å². The molecule has 3 aromatic rings. The van der Waals surface area contributed by atoms with Gasteiger partial charge in [0.1, 0.15) is 23.1 Å². The first-order valence-electron chi connectivity index (χ1n) is 41.7. The van der Waals surface area contributed by atoms with Gasteiger partial charge >= 0.3 is 5.97 Å². The normalized spacial score (nSPS) is 19.5. The predicted molar refractivity (Wildman–Crippen MR) is 449 cm³/mol. The number of hydrogen-bond donors (Lipinski definition) is 5. The highest BCUT2D eigenvalue weighted by molar-refractivity contribution is 7.09. The second kappa shape index (κ2) is 45.1. The summed E-state index contributed by atoms with van der Waals surface area (Å²) < 4.78 is 24.6. The molecule has 2 aliphatic rings. The Labute approximate surface area is 686 Å². The summed E-state index contributed by atoms with van der Waals surface area (Å²) >= 11 is 1.49. The predicted octanol–water partition coefficient (Wildman–Crippen LogP) is 10.7. The first-order chi connectivity index (χ1) is 53.6. The minimum atomic E-state index is -1.18. The van der Waals surface area contributed by atoms with Gasteiger partial charge in [0.25, 0.3) is 0 Å². The number of carbonyl (C=O) groups is 9. The average Bonchev–Trinajstić information content (AvgIpc) is 1.27. The van der Waals surface area contributed by atoms with Gasteiger partial charge in [0.2, 0.25) is 47.3 Å². The number of amides is 8. The van der Waals surface area contributed by atoms with Gasteiger partial charge in [-0.1, -0.05) is 164 Å². The van der Waals surface area contributed by atoms with E-state index in [4.69, 9.17) is 18.9 Å². The standard InChI is InChI=1S/C88H145N11O14S/c1-27-56(9)74(67(110-23)51-69(100)98-46-35-41-65(98)77(112-25)59(12)79(102)90-63(83-89-45-48-114-83)49-61-37-31-29-32-38-61)94(19)84(106)71(53(3)4)92-81(104)73(55(7)8)97(22)88(17,18)44-43-58(11)76(96(21)87(14,15)16)82(105)93-72(54(5)6)85(107)95(20)75(57(10)28-2)68(111-24)52-70(101)99-47-36-42-66(99)78(113-26)60(13)80(103)91-64(86(108)109)50-62-39-33-30-34-40-62/h29-34,37-40,45,48,53-60,63-68,71-78H,27-28,35-36,41-44,46-47,49-52H2,1-26H3,(H,90,102)(H,91,103)(H,92,104)(H,93,105)(H,108,109)/t56-,57-,58?,59+,60+,63-,64-,65-,66-,67+,68+,71-,72-,73-,74-,75-,76-,77+,78+/m0/s1. The lowest BCUT2D eigenvalue weighted by atomic mass is 9.84. The zero-order valence-corrected chi connectivity index (χ0v) is 74.6. The second-order valence-corrected chi connectivity index (χ2v) is 36.1. The van der Waals surface area contributed by atoms with E-state index in [9.17, 15) is 29.1 Å². The Hall–Kier alpha value is -6.94. The lowest BCUT2D eigenvalue weighted by Crippen LogP contribution is -2.62. The van der Waals surface area contributed by atoms with Crippen molar-refractivity contribution in [1.82, 2.24) is 55.7 Å². The molecule has 0 radical (unpaired) electrons. The molecule has 642 valence electrons. The number of benzene rings is 2. The second-order valence-electron chi connectivity index (χ2n) is 35.2. The lowest BCUT2D eigenvalue weighted by molar-refractivity contribution is -0.148. The molecule has 26 heteroatoms. The summed E-state index contributed by atoms with van der Waals surface area (Å²) in [7, 11) is 13.5. The number of carboxylic acid groups (broad SMARTS) is 1. The van der Waals surface area contributed by atoms with E-state index >= 15 is 19.2 Å². The monoisotopic (exact) mass is 1610 g/mol. The molecule has 0 spiro atoms. The summed E-state index contributed by atoms with van der Waals surface area (Å²) in [6.45, 7) is 36.5. The Bertz CT molecular complexity index is 3510. The summed E-state index contributed by atoms with van der Waals surface area (Å²) in [5.74, 6) is -6.48. The maximum atomic E-state index is 15.4. The van der Waals surface area contributed by atoms with Crippen LogP contribution in [-0.2, 0) is 74.9 Å². The average molecular weight is 1610 g/mol. The zero-order chi connectivity index (χ0) is 85.5. The Morgan fingerprint density at radius 3 is 1.33 bits per heavy atom. The quantitative estimate of drug-likeness (QED) is 0.0351. The van der Waals surface area contributed by atoms with E-state index in [-0.39, 0.29) is 102 Å². The van der Waals surface area contributed by atoms with Crippen LogP contribution in [0.1, 0.15) is 211 Å². The van der Waals surface area contributed by atoms with Crippen molar-refractivity contribution in [3.05, 3.63) is 88.4 Å². The molecule has 114 heavy (non-hydrogen) atoms. The number of likely N-dealkylation sites (tertiary alicyclic amines) is 2. The van der Waals surface area contributed by atoms with Crippen LogP contribution in [0.3, 0.4) is 0 Å². The highest BCUT2D eigenvalue weighted by Crippen LogP contribution is 2.36. The maximum absolute atomic E-state index is 15.4. The number of aromatic nitrogens is 1. The number of thiazole rings is 1. The van der Waals surface area contributed by atoms with Gasteiger partial charge in [-0.2, -0.15) is 0 Å². The molecule has 2 aliphatic heterocycles. The van der Waals surface area contributed by atoms with Gasteiger partial charge in [-0.25, -0.2) is 9.78 Å². The van der Waals surface area contributed by atoms with Gasteiger partial charge < -0.3 is 64.9 Å². The molecule has 2 aromatic carbocycles. The number of carbonyl (C=O) groups excluding carboxylic acids is 8. The minimum absolute atomic E-state index is 0.0370. The largest absolute Gasteiger partial charge is 0.480 e. The summed E-state index contributed by atoms with van der Waals surface area (Å²) in [6.07, 6.45) is 4.34. The number of likely N-dealkylation sites (N-methyl/N-ethyl adjacent to an activating group) is 4. The SMILES string of the molecule is CC[C@H](C)[C@@H]([C@@H](CC(=O)N1CCC[C@H]1[C@H](OC)[C@@H](C)C(=O)N[C@@H](Cc1ccccc1)C(=O)O)OC)N(C)C(=O)[C@@H](NC(=O)[C@H](C(C)CCC(C)(C)N(C)[C@H](C(=O)N[C@H](C(=O)N(C)[C@@H]([C@@H](C)CC)[C@@H](CC(=O)N1CCC[C@H]1[C@H](OC)[C@@H](C)C(=O)N[C@@H](Cc1ccccc1)c1nccs1)OC)C(C)C)C(C)C)N(C)C(C)(C)C)C(C)C. The third-order valence-electron chi connectivity index (χ3n) is 25.0.